The van der Waals surface area contributed by atoms with E-state index < -0.39 is 10.8 Å². The third kappa shape index (κ3) is 4.05. The molecule has 2 heterocycles. The highest BCUT2D eigenvalue weighted by Gasteiger charge is 2.61. The van der Waals surface area contributed by atoms with Crippen LogP contribution in [0.25, 0.3) is 21.5 Å². The Morgan fingerprint density at radius 1 is 0.302 bits per heavy atom. The molecule has 3 aliphatic rings. The minimum Gasteiger partial charge on any atom is -0.310 e. The lowest BCUT2D eigenvalue weighted by Gasteiger charge is -2.56. The van der Waals surface area contributed by atoms with Gasteiger partial charge in [-0.3, -0.25) is 9.97 Å². The molecule has 9 aromatic rings. The maximum atomic E-state index is 5.19. The van der Waals surface area contributed by atoms with Crippen molar-refractivity contribution in [2.24, 2.45) is 0 Å². The van der Waals surface area contributed by atoms with Gasteiger partial charge in [0.1, 0.15) is 0 Å². The zero-order valence-electron chi connectivity index (χ0n) is 28.9. The van der Waals surface area contributed by atoms with Crippen LogP contribution in [-0.4, -0.2) is 9.97 Å². The van der Waals surface area contributed by atoms with Crippen molar-refractivity contribution in [1.29, 1.82) is 0 Å². The summed E-state index contributed by atoms with van der Waals surface area (Å²) < 4.78 is 0. The van der Waals surface area contributed by atoms with Crippen molar-refractivity contribution in [3.63, 3.8) is 0 Å². The Kier molecular flexibility index (Phi) is 6.38. The zero-order valence-corrected chi connectivity index (χ0v) is 28.9. The van der Waals surface area contributed by atoms with Crippen molar-refractivity contribution in [3.05, 3.63) is 245 Å². The summed E-state index contributed by atoms with van der Waals surface area (Å²) in [5.74, 6) is 0. The largest absolute Gasteiger partial charge is 0.310 e. The second kappa shape index (κ2) is 11.3. The average molecular weight is 676 g/mol. The molecule has 0 spiro atoms. The van der Waals surface area contributed by atoms with E-state index in [1.165, 1.54) is 54.9 Å². The lowest BCUT2D eigenvalue weighted by molar-refractivity contribution is 0.539. The summed E-state index contributed by atoms with van der Waals surface area (Å²) in [4.78, 5) is 12.8. The maximum absolute atomic E-state index is 5.19. The summed E-state index contributed by atoms with van der Waals surface area (Å²) in [5, 5.41) is 4.85. The molecule has 0 aliphatic heterocycles. The summed E-state index contributed by atoms with van der Waals surface area (Å²) in [6.07, 6.45) is 3.87. The lowest BCUT2D eigenvalue weighted by atomic mass is 9.45. The van der Waals surface area contributed by atoms with Gasteiger partial charge in [-0.25, -0.2) is 0 Å². The average Bonchev–Trinajstić information content (AvgIpc) is 3.24. The molecule has 53 heavy (non-hydrogen) atoms. The highest BCUT2D eigenvalue weighted by Crippen LogP contribution is 2.66. The van der Waals surface area contributed by atoms with Gasteiger partial charge in [-0.15, -0.1) is 0 Å². The van der Waals surface area contributed by atoms with E-state index in [2.05, 4.69) is 181 Å². The molecule has 7 aromatic carbocycles. The van der Waals surface area contributed by atoms with E-state index in [9.17, 15) is 0 Å². The number of rotatable bonds is 5. The molecule has 0 saturated heterocycles. The molecule has 2 aromatic heterocycles. The monoisotopic (exact) mass is 675 g/mol. The van der Waals surface area contributed by atoms with Crippen molar-refractivity contribution < 1.29 is 0 Å². The zero-order chi connectivity index (χ0) is 35.0. The number of nitrogens with zero attached hydrogens (tertiary/aromatic N) is 3. The molecular formula is C50H33N3. The molecule has 12 rings (SSSR count). The quantitative estimate of drug-likeness (QED) is 0.182. The van der Waals surface area contributed by atoms with Gasteiger partial charge >= 0.3 is 0 Å². The normalized spacial score (nSPS) is 18.0. The first-order valence-electron chi connectivity index (χ1n) is 18.2. The van der Waals surface area contributed by atoms with Gasteiger partial charge in [0, 0.05) is 29.5 Å². The van der Waals surface area contributed by atoms with Gasteiger partial charge in [-0.1, -0.05) is 127 Å². The van der Waals surface area contributed by atoms with Crippen LogP contribution < -0.4 is 4.90 Å². The standard InChI is InChI=1S/C50H33N3/c1-3-15-36-31-38(25-23-34(36)13-1)53(39-26-24-35-14-2-4-16-37(35)32-39)40-27-28-45-46(33-40)50(48-22-10-12-30-52-48)43-19-7-5-17-41(43)49(45,47-21-9-11-29-51-47)42-18-6-8-20-44(42)50/h1-33H. The summed E-state index contributed by atoms with van der Waals surface area (Å²) in [6, 6.07) is 68.5. The van der Waals surface area contributed by atoms with Crippen molar-refractivity contribution in [2.45, 2.75) is 10.8 Å². The molecule has 0 N–H and O–H groups in total. The van der Waals surface area contributed by atoms with Crippen LogP contribution in [0.2, 0.25) is 0 Å². The van der Waals surface area contributed by atoms with E-state index in [1.54, 1.807) is 0 Å². The summed E-state index contributed by atoms with van der Waals surface area (Å²) >= 11 is 0. The Balaban J connectivity index is 1.26. The lowest BCUT2D eigenvalue weighted by Crippen LogP contribution is -2.52. The van der Waals surface area contributed by atoms with Gasteiger partial charge in [0.2, 0.25) is 0 Å². The number of hydrogen-bond acceptors (Lipinski definition) is 3. The Labute approximate surface area is 308 Å². The number of aromatic nitrogens is 2. The first kappa shape index (κ1) is 29.8. The maximum Gasteiger partial charge on any atom is 0.0884 e. The van der Waals surface area contributed by atoms with Gasteiger partial charge in [0.05, 0.1) is 22.2 Å². The topological polar surface area (TPSA) is 29.0 Å². The fourth-order valence-electron chi connectivity index (χ4n) is 9.53. The molecule has 0 fully saturated rings. The van der Waals surface area contributed by atoms with E-state index >= 15 is 0 Å². The molecule has 3 heteroatoms. The van der Waals surface area contributed by atoms with Crippen LogP contribution in [0, 0.1) is 0 Å². The molecule has 2 bridgehead atoms. The predicted molar refractivity (Wildman–Crippen MR) is 215 cm³/mol. The van der Waals surface area contributed by atoms with Crippen molar-refractivity contribution in [3.8, 4) is 0 Å². The Bertz CT molecular complexity index is 2730. The molecule has 0 saturated carbocycles. The Morgan fingerprint density at radius 3 is 1.15 bits per heavy atom. The van der Waals surface area contributed by atoms with Crippen molar-refractivity contribution in [1.82, 2.24) is 9.97 Å². The molecule has 0 amide bonds. The second-order valence-corrected chi connectivity index (χ2v) is 14.1. The SMILES string of the molecule is c1ccc(C23c4ccccc4C(c4ccccn4)(c4ccccc42)c2cc(N(c4ccc5ccccc5c4)c4ccc5ccccc5c4)ccc23)nc1. The molecule has 0 radical (unpaired) electrons. The first-order chi connectivity index (χ1) is 26.3. The Hall–Kier alpha value is -6.84. The fourth-order valence-corrected chi connectivity index (χ4v) is 9.53. The van der Waals surface area contributed by atoms with E-state index in [0.29, 0.717) is 0 Å². The van der Waals surface area contributed by atoms with Crippen LogP contribution in [-0.2, 0) is 10.8 Å². The smallest absolute Gasteiger partial charge is 0.0884 e. The Morgan fingerprint density at radius 2 is 0.679 bits per heavy atom. The van der Waals surface area contributed by atoms with Crippen molar-refractivity contribution >= 4 is 38.6 Å². The highest BCUT2D eigenvalue weighted by atomic mass is 15.1. The van der Waals surface area contributed by atoms with E-state index in [1.807, 2.05) is 24.5 Å². The summed E-state index contributed by atoms with van der Waals surface area (Å²) in [7, 11) is 0. The van der Waals surface area contributed by atoms with Gasteiger partial charge in [-0.2, -0.15) is 0 Å². The molecule has 3 aliphatic carbocycles. The third-order valence-electron chi connectivity index (χ3n) is 11.6. The van der Waals surface area contributed by atoms with Gasteiger partial charge in [-0.05, 0) is 116 Å². The van der Waals surface area contributed by atoms with Crippen LogP contribution in [0.4, 0.5) is 17.1 Å². The number of pyridine rings is 2. The number of benzene rings is 7. The van der Waals surface area contributed by atoms with E-state index in [-0.39, 0.29) is 0 Å². The van der Waals surface area contributed by atoms with Gasteiger partial charge < -0.3 is 4.90 Å². The van der Waals surface area contributed by atoms with Crippen molar-refractivity contribution in [2.75, 3.05) is 4.90 Å². The molecule has 0 unspecified atom stereocenters. The van der Waals surface area contributed by atoms with Gasteiger partial charge in [0.25, 0.3) is 0 Å². The number of hydrogen-bond donors (Lipinski definition) is 0. The molecule has 3 nitrogen and oxygen atoms in total. The van der Waals surface area contributed by atoms with E-state index in [4.69, 9.17) is 9.97 Å². The van der Waals surface area contributed by atoms with E-state index in [0.717, 1.165) is 28.5 Å². The van der Waals surface area contributed by atoms with Crippen LogP contribution in [0.3, 0.4) is 0 Å². The second-order valence-electron chi connectivity index (χ2n) is 14.1. The number of fused-ring (bicyclic) bond motifs is 2. The number of anilines is 3. The fraction of sp³-hybridized carbons (Fsp3) is 0.0400. The minimum atomic E-state index is -0.658. The summed E-state index contributed by atoms with van der Waals surface area (Å²) in [6.45, 7) is 0. The molecule has 248 valence electrons. The minimum absolute atomic E-state index is 0.616. The van der Waals surface area contributed by atoms with Crippen LogP contribution in [0.15, 0.2) is 200 Å². The van der Waals surface area contributed by atoms with Crippen LogP contribution in [0.1, 0.15) is 44.8 Å². The molecular weight excluding hydrogens is 643 g/mol. The van der Waals surface area contributed by atoms with Crippen LogP contribution >= 0.6 is 0 Å². The predicted octanol–water partition coefficient (Wildman–Crippen LogP) is 11.6. The third-order valence-corrected chi connectivity index (χ3v) is 11.6. The highest BCUT2D eigenvalue weighted by molar-refractivity contribution is 5.93. The van der Waals surface area contributed by atoms with Gasteiger partial charge in [0.15, 0.2) is 0 Å². The molecule has 0 atom stereocenters. The van der Waals surface area contributed by atoms with Crippen LogP contribution in [0.5, 0.6) is 0 Å². The first-order valence-corrected chi connectivity index (χ1v) is 18.2. The summed E-state index contributed by atoms with van der Waals surface area (Å²) in [5.41, 5.74) is 11.5.